The van der Waals surface area contributed by atoms with Gasteiger partial charge in [0.1, 0.15) is 5.69 Å². The first kappa shape index (κ1) is 14.2. The van der Waals surface area contributed by atoms with Crippen LogP contribution in [0.25, 0.3) is 0 Å². The Morgan fingerprint density at radius 2 is 2.35 bits per heavy atom. The van der Waals surface area contributed by atoms with Crippen LogP contribution in [0.15, 0.2) is 6.07 Å². The van der Waals surface area contributed by atoms with Crippen molar-refractivity contribution >= 4 is 21.8 Å². The van der Waals surface area contributed by atoms with Crippen molar-refractivity contribution < 1.29 is 4.79 Å². The molecule has 4 nitrogen and oxygen atoms in total. The maximum atomic E-state index is 11.9. The summed E-state index contributed by atoms with van der Waals surface area (Å²) in [6, 6.07) is 1.85. The van der Waals surface area contributed by atoms with Gasteiger partial charge in [-0.25, -0.2) is 0 Å². The predicted octanol–water partition coefficient (Wildman–Crippen LogP) is 2.13. The summed E-state index contributed by atoms with van der Waals surface area (Å²) in [6.45, 7) is 4.86. The summed E-state index contributed by atoms with van der Waals surface area (Å²) < 4.78 is 1.64. The molecule has 1 unspecified atom stereocenters. The van der Waals surface area contributed by atoms with E-state index in [0.29, 0.717) is 18.2 Å². The van der Waals surface area contributed by atoms with Crippen LogP contribution in [0.2, 0.25) is 0 Å². The van der Waals surface area contributed by atoms with Gasteiger partial charge in [0, 0.05) is 18.9 Å². The smallest absolute Gasteiger partial charge is 0.269 e. The highest BCUT2D eigenvalue weighted by molar-refractivity contribution is 9.09. The van der Waals surface area contributed by atoms with Crippen LogP contribution in [-0.4, -0.2) is 27.6 Å². The molecule has 1 aromatic heterocycles. The lowest BCUT2D eigenvalue weighted by atomic mass is 10.1. The standard InChI is InChI=1S/C12H20BrN3O/c1-4-10-7-11(16(3)15-10)12(17)14-8-9(2)5-6-13/h7,9H,4-6,8H2,1-3H3,(H,14,17). The minimum atomic E-state index is -0.0406. The number of halogens is 1. The van der Waals surface area contributed by atoms with E-state index in [1.165, 1.54) is 0 Å². The van der Waals surface area contributed by atoms with Gasteiger partial charge in [-0.15, -0.1) is 0 Å². The lowest BCUT2D eigenvalue weighted by molar-refractivity contribution is 0.0938. The summed E-state index contributed by atoms with van der Waals surface area (Å²) in [5.41, 5.74) is 1.58. The first-order chi connectivity index (χ1) is 8.08. The van der Waals surface area contributed by atoms with Crippen LogP contribution in [-0.2, 0) is 13.5 Å². The predicted molar refractivity (Wildman–Crippen MR) is 72.5 cm³/mol. The van der Waals surface area contributed by atoms with Crippen molar-refractivity contribution in [3.8, 4) is 0 Å². The maximum absolute atomic E-state index is 11.9. The van der Waals surface area contributed by atoms with Crippen LogP contribution in [0.5, 0.6) is 0 Å². The Hall–Kier alpha value is -0.840. The largest absolute Gasteiger partial charge is 0.350 e. The maximum Gasteiger partial charge on any atom is 0.269 e. The number of alkyl halides is 1. The van der Waals surface area contributed by atoms with Crippen molar-refractivity contribution in [2.45, 2.75) is 26.7 Å². The number of amides is 1. The van der Waals surface area contributed by atoms with Crippen molar-refractivity contribution in [2.75, 3.05) is 11.9 Å². The number of aryl methyl sites for hydroxylation is 2. The van der Waals surface area contributed by atoms with E-state index in [1.54, 1.807) is 11.7 Å². The Morgan fingerprint density at radius 1 is 1.65 bits per heavy atom. The Labute approximate surface area is 111 Å². The SMILES string of the molecule is CCc1cc(C(=O)NCC(C)CCBr)n(C)n1. The minimum Gasteiger partial charge on any atom is -0.350 e. The number of nitrogens with zero attached hydrogens (tertiary/aromatic N) is 2. The molecule has 0 fully saturated rings. The lowest BCUT2D eigenvalue weighted by Crippen LogP contribution is -2.29. The fraction of sp³-hybridized carbons (Fsp3) is 0.667. The van der Waals surface area contributed by atoms with Crippen molar-refractivity contribution in [3.63, 3.8) is 0 Å². The topological polar surface area (TPSA) is 46.9 Å². The molecule has 0 saturated carbocycles. The van der Waals surface area contributed by atoms with E-state index in [4.69, 9.17) is 0 Å². The molecule has 0 aliphatic carbocycles. The van der Waals surface area contributed by atoms with Crippen LogP contribution in [0, 0.1) is 5.92 Å². The highest BCUT2D eigenvalue weighted by atomic mass is 79.9. The number of hydrogen-bond donors (Lipinski definition) is 1. The van der Waals surface area contributed by atoms with Gasteiger partial charge in [-0.3, -0.25) is 9.48 Å². The van der Waals surface area contributed by atoms with Gasteiger partial charge >= 0.3 is 0 Å². The molecule has 1 amide bonds. The van der Waals surface area contributed by atoms with Crippen molar-refractivity contribution in [2.24, 2.45) is 13.0 Å². The highest BCUT2D eigenvalue weighted by Gasteiger charge is 2.13. The fourth-order valence-electron chi connectivity index (χ4n) is 1.56. The molecule has 1 N–H and O–H groups in total. The van der Waals surface area contributed by atoms with Crippen LogP contribution < -0.4 is 5.32 Å². The molecule has 1 atom stereocenters. The average molecular weight is 302 g/mol. The van der Waals surface area contributed by atoms with Gasteiger partial charge in [0.25, 0.3) is 5.91 Å². The molecule has 1 rings (SSSR count). The summed E-state index contributed by atoms with van der Waals surface area (Å²) in [6.07, 6.45) is 1.91. The summed E-state index contributed by atoms with van der Waals surface area (Å²) in [5, 5.41) is 8.17. The van der Waals surface area contributed by atoms with Crippen molar-refractivity contribution in [3.05, 3.63) is 17.5 Å². The second-order valence-electron chi connectivity index (χ2n) is 4.29. The Morgan fingerprint density at radius 3 is 2.88 bits per heavy atom. The molecule has 0 saturated heterocycles. The van der Waals surface area contributed by atoms with E-state index >= 15 is 0 Å². The summed E-state index contributed by atoms with van der Waals surface area (Å²) in [5.74, 6) is 0.443. The molecule has 17 heavy (non-hydrogen) atoms. The zero-order valence-corrected chi connectivity index (χ0v) is 12.2. The molecule has 0 bridgehead atoms. The quantitative estimate of drug-likeness (QED) is 0.818. The second kappa shape index (κ2) is 6.79. The Bertz CT molecular complexity index is 376. The summed E-state index contributed by atoms with van der Waals surface area (Å²) >= 11 is 3.40. The van der Waals surface area contributed by atoms with Crippen LogP contribution in [0.4, 0.5) is 0 Å². The number of carbonyl (C=O) groups excluding carboxylic acids is 1. The number of nitrogens with one attached hydrogen (secondary N) is 1. The zero-order chi connectivity index (χ0) is 12.8. The van der Waals surface area contributed by atoms with E-state index in [0.717, 1.165) is 23.9 Å². The van der Waals surface area contributed by atoms with Crippen LogP contribution in [0.1, 0.15) is 36.5 Å². The number of rotatable bonds is 6. The molecule has 0 aliphatic heterocycles. The average Bonchev–Trinajstić information content (AvgIpc) is 2.68. The molecule has 0 radical (unpaired) electrons. The monoisotopic (exact) mass is 301 g/mol. The highest BCUT2D eigenvalue weighted by Crippen LogP contribution is 2.06. The van der Waals surface area contributed by atoms with E-state index in [9.17, 15) is 4.79 Å². The first-order valence-corrected chi connectivity index (χ1v) is 7.07. The van der Waals surface area contributed by atoms with Crippen LogP contribution in [0.3, 0.4) is 0 Å². The second-order valence-corrected chi connectivity index (χ2v) is 5.08. The third kappa shape index (κ3) is 4.15. The Balaban J connectivity index is 2.54. The number of carbonyl (C=O) groups is 1. The van der Waals surface area contributed by atoms with Crippen molar-refractivity contribution in [1.82, 2.24) is 15.1 Å². The molecule has 0 aromatic carbocycles. The van der Waals surface area contributed by atoms with Gasteiger partial charge in [-0.2, -0.15) is 5.10 Å². The molecule has 96 valence electrons. The fourth-order valence-corrected chi connectivity index (χ4v) is 2.34. The van der Waals surface area contributed by atoms with E-state index in [1.807, 2.05) is 13.0 Å². The molecule has 1 heterocycles. The van der Waals surface area contributed by atoms with Gasteiger partial charge in [0.15, 0.2) is 0 Å². The van der Waals surface area contributed by atoms with Crippen molar-refractivity contribution in [1.29, 1.82) is 0 Å². The molecule has 0 spiro atoms. The zero-order valence-electron chi connectivity index (χ0n) is 10.7. The number of aromatic nitrogens is 2. The molecular formula is C12H20BrN3O. The van der Waals surface area contributed by atoms with Gasteiger partial charge in [0.05, 0.1) is 5.69 Å². The van der Waals surface area contributed by atoms with Gasteiger partial charge < -0.3 is 5.32 Å². The summed E-state index contributed by atoms with van der Waals surface area (Å²) in [4.78, 5) is 11.9. The van der Waals surface area contributed by atoms with Crippen LogP contribution >= 0.6 is 15.9 Å². The van der Waals surface area contributed by atoms with Gasteiger partial charge in [0.2, 0.25) is 0 Å². The van der Waals surface area contributed by atoms with E-state index in [2.05, 4.69) is 33.3 Å². The first-order valence-electron chi connectivity index (χ1n) is 5.95. The molecule has 1 aromatic rings. The number of hydrogen-bond acceptors (Lipinski definition) is 2. The van der Waals surface area contributed by atoms with E-state index in [-0.39, 0.29) is 5.91 Å². The minimum absolute atomic E-state index is 0.0406. The Kier molecular flexibility index (Phi) is 5.68. The molecule has 0 aliphatic rings. The normalized spacial score (nSPS) is 12.5. The molecular weight excluding hydrogens is 282 g/mol. The van der Waals surface area contributed by atoms with E-state index < -0.39 is 0 Å². The third-order valence-corrected chi connectivity index (χ3v) is 3.20. The third-order valence-electron chi connectivity index (χ3n) is 2.74. The van der Waals surface area contributed by atoms with Gasteiger partial charge in [-0.1, -0.05) is 29.8 Å². The molecule has 5 heteroatoms. The lowest BCUT2D eigenvalue weighted by Gasteiger charge is -2.10. The summed E-state index contributed by atoms with van der Waals surface area (Å²) in [7, 11) is 1.80. The van der Waals surface area contributed by atoms with Gasteiger partial charge in [-0.05, 0) is 24.8 Å².